The molecule has 0 aliphatic rings. The Labute approximate surface area is 102 Å². The van der Waals surface area contributed by atoms with Crippen molar-refractivity contribution < 1.29 is 18.0 Å². The Morgan fingerprint density at radius 3 is 2.00 bits per heavy atom. The molecule has 0 heterocycles. The summed E-state index contributed by atoms with van der Waals surface area (Å²) in [5.74, 6) is -0.460. The predicted molar refractivity (Wildman–Crippen MR) is 62.1 cm³/mol. The zero-order chi connectivity index (χ0) is 13.2. The van der Waals surface area contributed by atoms with Gasteiger partial charge < -0.3 is 4.90 Å². The second-order valence-corrected chi connectivity index (χ2v) is 3.99. The maximum absolute atomic E-state index is 12.3. The molecule has 0 spiro atoms. The molecular formula is C11H10F3NOS. The lowest BCUT2D eigenvalue weighted by Gasteiger charge is -2.12. The Morgan fingerprint density at radius 2 is 1.65 bits per heavy atom. The molecule has 0 saturated carbocycles. The van der Waals surface area contributed by atoms with Gasteiger partial charge in [0.2, 0.25) is 5.78 Å². The van der Waals surface area contributed by atoms with Gasteiger partial charge in [0.15, 0.2) is 0 Å². The highest BCUT2D eigenvalue weighted by Gasteiger charge is 2.30. The monoisotopic (exact) mass is 261 g/mol. The van der Waals surface area contributed by atoms with E-state index in [9.17, 15) is 18.0 Å². The smallest absolute Gasteiger partial charge is 0.366 e. The van der Waals surface area contributed by atoms with E-state index in [1.54, 1.807) is 14.1 Å². The van der Waals surface area contributed by atoms with Crippen molar-refractivity contribution in [3.05, 3.63) is 35.4 Å². The van der Waals surface area contributed by atoms with Crippen LogP contribution in [0.5, 0.6) is 0 Å². The van der Waals surface area contributed by atoms with Crippen LogP contribution in [0.2, 0.25) is 0 Å². The molecule has 6 heteroatoms. The third-order valence-corrected chi connectivity index (χ3v) is 2.63. The molecule has 0 radical (unpaired) electrons. The first-order valence-corrected chi connectivity index (χ1v) is 5.07. The largest absolute Gasteiger partial charge is 0.416 e. The number of thiocarbonyl (C=S) groups is 1. The summed E-state index contributed by atoms with van der Waals surface area (Å²) in [6.45, 7) is 0. The Kier molecular flexibility index (Phi) is 3.87. The highest BCUT2D eigenvalue weighted by atomic mass is 32.1. The van der Waals surface area contributed by atoms with Gasteiger partial charge in [-0.05, 0) is 12.1 Å². The Hall–Kier alpha value is -1.43. The van der Waals surface area contributed by atoms with Crippen LogP contribution in [0, 0.1) is 0 Å². The van der Waals surface area contributed by atoms with Crippen molar-refractivity contribution in [3.8, 4) is 0 Å². The Morgan fingerprint density at radius 1 is 1.18 bits per heavy atom. The fourth-order valence-electron chi connectivity index (χ4n) is 1.14. The molecule has 1 rings (SSSR count). The average molecular weight is 261 g/mol. The van der Waals surface area contributed by atoms with Gasteiger partial charge in [-0.25, -0.2) is 0 Å². The molecule has 0 unspecified atom stereocenters. The molecule has 0 N–H and O–H groups in total. The van der Waals surface area contributed by atoms with Gasteiger partial charge in [0, 0.05) is 19.7 Å². The summed E-state index contributed by atoms with van der Waals surface area (Å²) >= 11 is 4.84. The molecule has 0 amide bonds. The number of likely N-dealkylation sites (N-methyl/N-ethyl adjacent to an activating group) is 1. The number of Topliss-reactive ketones (excluding diaryl/α,β-unsaturated/α-hetero) is 1. The van der Waals surface area contributed by atoms with Gasteiger partial charge in [-0.1, -0.05) is 24.4 Å². The molecule has 0 atom stereocenters. The molecule has 17 heavy (non-hydrogen) atoms. The topological polar surface area (TPSA) is 20.3 Å². The van der Waals surface area contributed by atoms with Crippen LogP contribution in [0.15, 0.2) is 24.3 Å². The van der Waals surface area contributed by atoms with Crippen LogP contribution in [0.3, 0.4) is 0 Å². The van der Waals surface area contributed by atoms with Gasteiger partial charge in [-0.3, -0.25) is 4.79 Å². The van der Waals surface area contributed by atoms with Crippen molar-refractivity contribution in [1.29, 1.82) is 0 Å². The number of nitrogens with zero attached hydrogens (tertiary/aromatic N) is 1. The second kappa shape index (κ2) is 4.83. The van der Waals surface area contributed by atoms with Gasteiger partial charge in [0.05, 0.1) is 5.56 Å². The van der Waals surface area contributed by atoms with Crippen molar-refractivity contribution in [3.63, 3.8) is 0 Å². The van der Waals surface area contributed by atoms with E-state index in [2.05, 4.69) is 0 Å². The highest BCUT2D eigenvalue weighted by molar-refractivity contribution is 7.82. The third kappa shape index (κ3) is 3.26. The summed E-state index contributed by atoms with van der Waals surface area (Å²) in [6.07, 6.45) is -4.40. The van der Waals surface area contributed by atoms with Crippen LogP contribution in [-0.2, 0) is 6.18 Å². The number of hydrogen-bond donors (Lipinski definition) is 0. The molecule has 0 aliphatic heterocycles. The zero-order valence-electron chi connectivity index (χ0n) is 9.21. The van der Waals surface area contributed by atoms with Crippen molar-refractivity contribution in [2.75, 3.05) is 14.1 Å². The van der Waals surface area contributed by atoms with E-state index >= 15 is 0 Å². The second-order valence-electron chi connectivity index (χ2n) is 3.60. The molecule has 0 fully saturated rings. The molecule has 92 valence electrons. The van der Waals surface area contributed by atoms with Gasteiger partial charge >= 0.3 is 6.18 Å². The number of hydrogen-bond acceptors (Lipinski definition) is 2. The van der Waals surface area contributed by atoms with Gasteiger partial charge in [0.25, 0.3) is 0 Å². The predicted octanol–water partition coefficient (Wildman–Crippen LogP) is 2.78. The lowest BCUT2D eigenvalue weighted by atomic mass is 10.1. The molecule has 0 aromatic heterocycles. The average Bonchev–Trinajstić information content (AvgIpc) is 2.26. The fourth-order valence-corrected chi connectivity index (χ4v) is 1.26. The van der Waals surface area contributed by atoms with Crippen molar-refractivity contribution in [2.45, 2.75) is 6.18 Å². The van der Waals surface area contributed by atoms with Crippen LogP contribution in [0.4, 0.5) is 13.2 Å². The van der Waals surface area contributed by atoms with Crippen LogP contribution < -0.4 is 0 Å². The quantitative estimate of drug-likeness (QED) is 0.603. The normalized spacial score (nSPS) is 11.1. The lowest BCUT2D eigenvalue weighted by molar-refractivity contribution is -0.137. The Bertz CT molecular complexity index is 437. The first-order chi connectivity index (χ1) is 7.73. The van der Waals surface area contributed by atoms with Crippen LogP contribution in [0.1, 0.15) is 15.9 Å². The molecule has 1 aromatic rings. The number of carbonyl (C=O) groups is 1. The first-order valence-electron chi connectivity index (χ1n) is 4.66. The number of alkyl halides is 3. The van der Waals surface area contributed by atoms with Gasteiger partial charge in [-0.15, -0.1) is 0 Å². The minimum Gasteiger partial charge on any atom is -0.366 e. The summed E-state index contributed by atoms with van der Waals surface area (Å²) in [4.78, 5) is 13.2. The molecule has 0 bridgehead atoms. The SMILES string of the molecule is CN(C)C(=S)C(=O)c1ccc(C(F)(F)F)cc1. The number of benzene rings is 1. The van der Waals surface area contributed by atoms with Gasteiger partial charge in [0.1, 0.15) is 4.99 Å². The lowest BCUT2D eigenvalue weighted by Crippen LogP contribution is -2.28. The van der Waals surface area contributed by atoms with E-state index in [0.29, 0.717) is 0 Å². The van der Waals surface area contributed by atoms with Crippen LogP contribution in [-0.4, -0.2) is 29.8 Å². The summed E-state index contributed by atoms with van der Waals surface area (Å²) < 4.78 is 36.9. The fraction of sp³-hybridized carbons (Fsp3) is 0.273. The van der Waals surface area contributed by atoms with E-state index in [1.165, 1.54) is 4.90 Å². The summed E-state index contributed by atoms with van der Waals surface area (Å²) in [5, 5.41) is 0. The van der Waals surface area contributed by atoms with Crippen LogP contribution >= 0.6 is 12.2 Å². The maximum atomic E-state index is 12.3. The minimum atomic E-state index is -4.40. The highest BCUT2D eigenvalue weighted by Crippen LogP contribution is 2.29. The van der Waals surface area contributed by atoms with Crippen LogP contribution in [0.25, 0.3) is 0 Å². The number of rotatable bonds is 2. The maximum Gasteiger partial charge on any atom is 0.416 e. The molecule has 1 aromatic carbocycles. The molecule has 0 saturated heterocycles. The van der Waals surface area contributed by atoms with Crippen molar-refractivity contribution in [2.24, 2.45) is 0 Å². The van der Waals surface area contributed by atoms with Crippen molar-refractivity contribution in [1.82, 2.24) is 4.90 Å². The molecular weight excluding hydrogens is 251 g/mol. The summed E-state index contributed by atoms with van der Waals surface area (Å²) in [7, 11) is 3.20. The summed E-state index contributed by atoms with van der Waals surface area (Å²) in [5.41, 5.74) is -0.637. The summed E-state index contributed by atoms with van der Waals surface area (Å²) in [6, 6.07) is 3.99. The minimum absolute atomic E-state index is 0.0600. The number of carbonyl (C=O) groups excluding carboxylic acids is 1. The first kappa shape index (κ1) is 13.6. The van der Waals surface area contributed by atoms with E-state index < -0.39 is 17.5 Å². The van der Waals surface area contributed by atoms with E-state index in [1.807, 2.05) is 0 Å². The zero-order valence-corrected chi connectivity index (χ0v) is 10.0. The standard InChI is InChI=1S/C11H10F3NOS/c1-15(2)10(17)9(16)7-3-5-8(6-4-7)11(12,13)14/h3-6H,1-2H3. The van der Waals surface area contributed by atoms with Gasteiger partial charge in [-0.2, -0.15) is 13.2 Å². The van der Waals surface area contributed by atoms with E-state index in [4.69, 9.17) is 12.2 Å². The molecule has 0 aliphatic carbocycles. The van der Waals surface area contributed by atoms with E-state index in [0.717, 1.165) is 24.3 Å². The molecule has 2 nitrogen and oxygen atoms in total. The number of halogens is 3. The van der Waals surface area contributed by atoms with E-state index in [-0.39, 0.29) is 10.6 Å². The number of ketones is 1. The Balaban J connectivity index is 2.96. The third-order valence-electron chi connectivity index (χ3n) is 2.07. The van der Waals surface area contributed by atoms with Crippen molar-refractivity contribution >= 4 is 23.0 Å².